The average Bonchev–Trinajstić information content (AvgIpc) is 3.36. The lowest BCUT2D eigenvalue weighted by atomic mass is 10.0. The molecule has 28 heavy (non-hydrogen) atoms. The van der Waals surface area contributed by atoms with Gasteiger partial charge in [0.15, 0.2) is 5.82 Å². The molecule has 142 valence electrons. The number of rotatable bonds is 6. The maximum Gasteiger partial charge on any atom is 0.320 e. The largest absolute Gasteiger partial charge is 0.338 e. The van der Waals surface area contributed by atoms with Crippen LogP contribution >= 0.6 is 0 Å². The van der Waals surface area contributed by atoms with E-state index in [1.165, 1.54) is 5.56 Å². The van der Waals surface area contributed by atoms with Gasteiger partial charge in [0.25, 0.3) is 0 Å². The highest BCUT2D eigenvalue weighted by molar-refractivity contribution is 6.00. The Morgan fingerprint density at radius 3 is 2.75 bits per heavy atom. The number of imidazole rings is 1. The van der Waals surface area contributed by atoms with Crippen LogP contribution in [0, 0.1) is 6.92 Å². The van der Waals surface area contributed by atoms with E-state index in [-0.39, 0.29) is 6.03 Å². The molecule has 7 nitrogen and oxygen atoms in total. The minimum absolute atomic E-state index is 0.262. The van der Waals surface area contributed by atoms with Gasteiger partial charge < -0.3 is 9.88 Å². The third kappa shape index (κ3) is 4.03. The van der Waals surface area contributed by atoms with Gasteiger partial charge in [-0.1, -0.05) is 35.9 Å². The summed E-state index contributed by atoms with van der Waals surface area (Å²) < 4.78 is 1.98. The second-order valence-electron chi connectivity index (χ2n) is 6.73. The van der Waals surface area contributed by atoms with Gasteiger partial charge in [0.05, 0.1) is 11.8 Å². The lowest BCUT2D eigenvalue weighted by molar-refractivity contribution is 0.251. The predicted molar refractivity (Wildman–Crippen MR) is 110 cm³/mol. The van der Waals surface area contributed by atoms with E-state index in [0.717, 1.165) is 35.0 Å². The molecule has 0 saturated heterocycles. The molecule has 0 radical (unpaired) electrons. The van der Waals surface area contributed by atoms with Crippen LogP contribution in [0.4, 0.5) is 10.6 Å². The summed E-state index contributed by atoms with van der Waals surface area (Å²) in [5.41, 5.74) is 4.36. The van der Waals surface area contributed by atoms with Crippen LogP contribution < -0.4 is 10.6 Å². The van der Waals surface area contributed by atoms with Gasteiger partial charge in [-0.3, -0.25) is 10.4 Å². The molecular weight excluding hydrogens is 352 g/mol. The monoisotopic (exact) mass is 374 g/mol. The lowest BCUT2D eigenvalue weighted by Crippen LogP contribution is -2.30. The minimum Gasteiger partial charge on any atom is -0.338 e. The second-order valence-corrected chi connectivity index (χ2v) is 6.73. The number of carbonyl (C=O) groups is 1. The molecule has 0 aliphatic carbocycles. The van der Waals surface area contributed by atoms with Gasteiger partial charge in [-0.25, -0.2) is 9.78 Å². The van der Waals surface area contributed by atoms with Crippen molar-refractivity contribution in [3.63, 3.8) is 0 Å². The Morgan fingerprint density at radius 1 is 1.14 bits per heavy atom. The van der Waals surface area contributed by atoms with E-state index in [4.69, 9.17) is 0 Å². The van der Waals surface area contributed by atoms with E-state index >= 15 is 0 Å². The number of H-pyrrole nitrogens is 1. The summed E-state index contributed by atoms with van der Waals surface area (Å²) in [6.07, 6.45) is 6.24. The number of nitrogens with zero attached hydrogens (tertiary/aromatic N) is 3. The van der Waals surface area contributed by atoms with Crippen molar-refractivity contribution in [2.45, 2.75) is 19.9 Å². The number of amides is 2. The zero-order chi connectivity index (χ0) is 19.3. The highest BCUT2D eigenvalue weighted by atomic mass is 16.2. The Hall–Kier alpha value is -3.61. The molecule has 0 spiro atoms. The Labute approximate surface area is 162 Å². The highest BCUT2D eigenvalue weighted by Crippen LogP contribution is 2.27. The molecular formula is C21H22N6O. The van der Waals surface area contributed by atoms with Crippen molar-refractivity contribution in [3.05, 3.63) is 66.7 Å². The molecule has 0 saturated carbocycles. The standard InChI is InChI=1S/C21H22N6O/c1-15-3-5-16(6-4-15)17-7-8-18-19(13-17)25-26-20(18)24-21(28)23-9-2-11-27-12-10-22-14-27/h3-8,10,12-14H,2,9,11H2,1H3,(H3,23,24,25,26,28). The number of benzene rings is 2. The average molecular weight is 374 g/mol. The van der Waals surface area contributed by atoms with Crippen molar-refractivity contribution < 1.29 is 4.79 Å². The van der Waals surface area contributed by atoms with Crippen molar-refractivity contribution >= 4 is 22.8 Å². The summed E-state index contributed by atoms with van der Waals surface area (Å²) >= 11 is 0. The van der Waals surface area contributed by atoms with E-state index in [1.54, 1.807) is 12.5 Å². The number of fused-ring (bicyclic) bond motifs is 1. The number of aromatic nitrogens is 4. The molecule has 0 fully saturated rings. The van der Waals surface area contributed by atoms with Crippen LogP contribution in [0.25, 0.3) is 22.0 Å². The number of hydrogen-bond acceptors (Lipinski definition) is 3. The van der Waals surface area contributed by atoms with Gasteiger partial charge in [0.2, 0.25) is 0 Å². The number of anilines is 1. The summed E-state index contributed by atoms with van der Waals surface area (Å²) in [4.78, 5) is 16.1. The second kappa shape index (κ2) is 7.96. The van der Waals surface area contributed by atoms with Crippen LogP contribution in [0.3, 0.4) is 0 Å². The van der Waals surface area contributed by atoms with Gasteiger partial charge in [0.1, 0.15) is 0 Å². The quantitative estimate of drug-likeness (QED) is 0.447. The first-order valence-electron chi connectivity index (χ1n) is 9.25. The first kappa shape index (κ1) is 17.8. The van der Waals surface area contributed by atoms with Crippen LogP contribution in [-0.4, -0.2) is 32.3 Å². The van der Waals surface area contributed by atoms with E-state index < -0.39 is 0 Å². The van der Waals surface area contributed by atoms with Crippen molar-refractivity contribution in [2.24, 2.45) is 0 Å². The summed E-state index contributed by atoms with van der Waals surface area (Å²) in [6.45, 7) is 3.46. The fourth-order valence-corrected chi connectivity index (χ4v) is 3.07. The summed E-state index contributed by atoms with van der Waals surface area (Å²) in [6, 6.07) is 14.2. The van der Waals surface area contributed by atoms with Crippen LogP contribution in [0.2, 0.25) is 0 Å². The fourth-order valence-electron chi connectivity index (χ4n) is 3.07. The van der Waals surface area contributed by atoms with Crippen molar-refractivity contribution in [2.75, 3.05) is 11.9 Å². The molecule has 2 aromatic heterocycles. The van der Waals surface area contributed by atoms with Gasteiger partial charge in [-0.15, -0.1) is 0 Å². The summed E-state index contributed by atoms with van der Waals surface area (Å²) in [5, 5.41) is 13.8. The zero-order valence-electron chi connectivity index (χ0n) is 15.6. The summed E-state index contributed by atoms with van der Waals surface area (Å²) in [7, 11) is 0. The van der Waals surface area contributed by atoms with E-state index in [1.807, 2.05) is 29.0 Å². The number of urea groups is 1. The Bertz CT molecular complexity index is 1070. The van der Waals surface area contributed by atoms with Crippen molar-refractivity contribution in [1.82, 2.24) is 25.1 Å². The highest BCUT2D eigenvalue weighted by Gasteiger charge is 2.10. The number of aryl methyl sites for hydroxylation is 2. The van der Waals surface area contributed by atoms with Crippen molar-refractivity contribution in [1.29, 1.82) is 0 Å². The van der Waals surface area contributed by atoms with Gasteiger partial charge in [0, 0.05) is 30.9 Å². The van der Waals surface area contributed by atoms with Gasteiger partial charge in [-0.05, 0) is 36.6 Å². The predicted octanol–water partition coefficient (Wildman–Crippen LogP) is 3.95. The third-order valence-corrected chi connectivity index (χ3v) is 4.62. The summed E-state index contributed by atoms with van der Waals surface area (Å²) in [5.74, 6) is 0.526. The van der Waals surface area contributed by atoms with Gasteiger partial charge >= 0.3 is 6.03 Å². The number of hydrogen-bond donors (Lipinski definition) is 3. The first-order valence-corrected chi connectivity index (χ1v) is 9.25. The normalized spacial score (nSPS) is 10.9. The van der Waals surface area contributed by atoms with Crippen LogP contribution in [0.5, 0.6) is 0 Å². The number of carbonyl (C=O) groups excluding carboxylic acids is 1. The molecule has 2 aromatic carbocycles. The fraction of sp³-hybridized carbons (Fsp3) is 0.190. The first-order chi connectivity index (χ1) is 13.7. The Kier molecular flexibility index (Phi) is 5.05. The van der Waals surface area contributed by atoms with E-state index in [9.17, 15) is 4.79 Å². The van der Waals surface area contributed by atoms with Crippen LogP contribution in [-0.2, 0) is 6.54 Å². The molecule has 2 amide bonds. The molecule has 4 rings (SSSR count). The molecule has 4 aromatic rings. The van der Waals surface area contributed by atoms with E-state index in [2.05, 4.69) is 57.0 Å². The zero-order valence-corrected chi connectivity index (χ0v) is 15.6. The number of aromatic amines is 1. The number of nitrogens with one attached hydrogen (secondary N) is 3. The molecule has 0 unspecified atom stereocenters. The molecule has 2 heterocycles. The minimum atomic E-state index is -0.262. The molecule has 0 atom stereocenters. The van der Waals surface area contributed by atoms with Crippen LogP contribution in [0.15, 0.2) is 61.2 Å². The smallest absolute Gasteiger partial charge is 0.320 e. The van der Waals surface area contributed by atoms with Gasteiger partial charge in [-0.2, -0.15) is 5.10 Å². The molecule has 0 aliphatic rings. The Morgan fingerprint density at radius 2 is 1.96 bits per heavy atom. The molecule has 0 bridgehead atoms. The lowest BCUT2D eigenvalue weighted by Gasteiger charge is -2.07. The maximum atomic E-state index is 12.1. The molecule has 3 N–H and O–H groups in total. The maximum absolute atomic E-state index is 12.1. The van der Waals surface area contributed by atoms with Crippen LogP contribution in [0.1, 0.15) is 12.0 Å². The SMILES string of the molecule is Cc1ccc(-c2ccc3c(NC(=O)NCCCn4ccnc4)n[nH]c3c2)cc1. The van der Waals surface area contributed by atoms with E-state index in [0.29, 0.717) is 12.4 Å². The Balaban J connectivity index is 1.37. The molecule has 7 heteroatoms. The van der Waals surface area contributed by atoms with Crippen molar-refractivity contribution in [3.8, 4) is 11.1 Å². The topological polar surface area (TPSA) is 87.6 Å². The molecule has 0 aliphatic heterocycles. The third-order valence-electron chi connectivity index (χ3n) is 4.62.